The molecule has 0 fully saturated rings. The first-order valence-electron chi connectivity index (χ1n) is 9.51. The van der Waals surface area contributed by atoms with Crippen molar-refractivity contribution in [3.63, 3.8) is 0 Å². The van der Waals surface area contributed by atoms with Gasteiger partial charge < -0.3 is 10.1 Å². The fourth-order valence-electron chi connectivity index (χ4n) is 2.64. The predicted octanol–water partition coefficient (Wildman–Crippen LogP) is 5.26. The highest BCUT2D eigenvalue weighted by molar-refractivity contribution is 5.98. The van der Waals surface area contributed by atoms with Gasteiger partial charge in [0.25, 0.3) is 5.91 Å². The molecule has 1 aromatic rings. The van der Waals surface area contributed by atoms with Gasteiger partial charge in [0.1, 0.15) is 11.9 Å². The van der Waals surface area contributed by atoms with Gasteiger partial charge in [-0.2, -0.15) is 13.2 Å². The molecule has 0 heterocycles. The SMILES string of the molecule is CCCCCCCCCOC(=O)C(C)NC(=O)c1ccc(F)cc1C(F)(F)F. The first-order chi connectivity index (χ1) is 13.2. The summed E-state index contributed by atoms with van der Waals surface area (Å²) in [5.74, 6) is -2.95. The minimum atomic E-state index is -4.89. The number of amides is 1. The number of carbonyl (C=O) groups excluding carboxylic acids is 2. The number of nitrogens with one attached hydrogen (secondary N) is 1. The van der Waals surface area contributed by atoms with E-state index in [0.29, 0.717) is 6.42 Å². The molecule has 1 N–H and O–H groups in total. The minimum absolute atomic E-state index is 0.192. The fraction of sp³-hybridized carbons (Fsp3) is 0.600. The number of esters is 1. The number of carbonyl (C=O) groups is 2. The van der Waals surface area contributed by atoms with Crippen molar-refractivity contribution in [3.8, 4) is 0 Å². The Morgan fingerprint density at radius 2 is 1.68 bits per heavy atom. The lowest BCUT2D eigenvalue weighted by Crippen LogP contribution is -2.40. The van der Waals surface area contributed by atoms with Crippen LogP contribution in [0.3, 0.4) is 0 Å². The largest absolute Gasteiger partial charge is 0.464 e. The highest BCUT2D eigenvalue weighted by Crippen LogP contribution is 2.32. The van der Waals surface area contributed by atoms with E-state index in [0.717, 1.165) is 31.4 Å². The Balaban J connectivity index is 2.47. The zero-order chi connectivity index (χ0) is 21.2. The Morgan fingerprint density at radius 1 is 1.07 bits per heavy atom. The maximum absolute atomic E-state index is 13.1. The van der Waals surface area contributed by atoms with Gasteiger partial charge in [0.05, 0.1) is 17.7 Å². The van der Waals surface area contributed by atoms with E-state index in [4.69, 9.17) is 4.74 Å². The van der Waals surface area contributed by atoms with Crippen molar-refractivity contribution in [1.29, 1.82) is 0 Å². The van der Waals surface area contributed by atoms with E-state index in [1.807, 2.05) is 0 Å². The number of ether oxygens (including phenoxy) is 1. The summed E-state index contributed by atoms with van der Waals surface area (Å²) in [6, 6.07) is 0.624. The molecule has 0 spiro atoms. The third-order valence-electron chi connectivity index (χ3n) is 4.23. The number of rotatable bonds is 11. The standard InChI is InChI=1S/C20H27F4NO3/c1-3-4-5-6-7-8-9-12-28-19(27)14(2)25-18(26)16-11-10-15(21)13-17(16)20(22,23)24/h10-11,13-14H,3-9,12H2,1-2H3,(H,25,26). The van der Waals surface area contributed by atoms with Crippen LogP contribution in [0.15, 0.2) is 18.2 Å². The van der Waals surface area contributed by atoms with Gasteiger partial charge in [-0.05, 0) is 31.5 Å². The number of benzene rings is 1. The molecule has 1 amide bonds. The normalized spacial score (nSPS) is 12.5. The summed E-state index contributed by atoms with van der Waals surface area (Å²) in [5, 5.41) is 2.17. The van der Waals surface area contributed by atoms with Crippen LogP contribution in [0.4, 0.5) is 17.6 Å². The molecule has 0 aromatic heterocycles. The molecule has 0 bridgehead atoms. The molecule has 8 heteroatoms. The second-order valence-electron chi connectivity index (χ2n) is 6.67. The van der Waals surface area contributed by atoms with Crippen molar-refractivity contribution in [3.05, 3.63) is 35.1 Å². The van der Waals surface area contributed by atoms with Gasteiger partial charge in [0.15, 0.2) is 0 Å². The van der Waals surface area contributed by atoms with Crippen molar-refractivity contribution in [1.82, 2.24) is 5.32 Å². The van der Waals surface area contributed by atoms with Gasteiger partial charge in [-0.3, -0.25) is 4.79 Å². The Labute approximate surface area is 162 Å². The summed E-state index contributed by atoms with van der Waals surface area (Å²) in [6.45, 7) is 3.65. The summed E-state index contributed by atoms with van der Waals surface area (Å²) < 4.78 is 57.1. The van der Waals surface area contributed by atoms with Crippen LogP contribution in [0.5, 0.6) is 0 Å². The van der Waals surface area contributed by atoms with Crippen LogP contribution in [0.1, 0.15) is 74.7 Å². The smallest absolute Gasteiger partial charge is 0.417 e. The molecule has 0 aliphatic carbocycles. The monoisotopic (exact) mass is 405 g/mol. The maximum atomic E-state index is 13.1. The Bertz CT molecular complexity index is 647. The van der Waals surface area contributed by atoms with Crippen molar-refractivity contribution < 1.29 is 31.9 Å². The summed E-state index contributed by atoms with van der Waals surface area (Å²) in [7, 11) is 0. The van der Waals surface area contributed by atoms with E-state index in [-0.39, 0.29) is 12.7 Å². The first kappa shape index (κ1) is 23.9. The molecular formula is C20H27F4NO3. The molecule has 0 aliphatic rings. The van der Waals surface area contributed by atoms with Gasteiger partial charge in [-0.15, -0.1) is 0 Å². The van der Waals surface area contributed by atoms with Crippen molar-refractivity contribution in [2.45, 2.75) is 71.0 Å². The second kappa shape index (κ2) is 11.7. The lowest BCUT2D eigenvalue weighted by Gasteiger charge is -2.16. The lowest BCUT2D eigenvalue weighted by molar-refractivity contribution is -0.145. The summed E-state index contributed by atoms with van der Waals surface area (Å²) in [6.07, 6.45) is 2.46. The van der Waals surface area contributed by atoms with E-state index in [9.17, 15) is 27.2 Å². The highest BCUT2D eigenvalue weighted by Gasteiger charge is 2.36. The van der Waals surface area contributed by atoms with Crippen LogP contribution in [-0.2, 0) is 15.7 Å². The lowest BCUT2D eigenvalue weighted by atomic mass is 10.1. The number of hydrogen-bond acceptors (Lipinski definition) is 3. The molecule has 0 saturated carbocycles. The van der Waals surface area contributed by atoms with Crippen LogP contribution >= 0.6 is 0 Å². The zero-order valence-electron chi connectivity index (χ0n) is 16.2. The average molecular weight is 405 g/mol. The van der Waals surface area contributed by atoms with Crippen LogP contribution in [0, 0.1) is 5.82 Å². The van der Waals surface area contributed by atoms with E-state index < -0.39 is 41.0 Å². The van der Waals surface area contributed by atoms with Crippen LogP contribution in [-0.4, -0.2) is 24.5 Å². The molecule has 28 heavy (non-hydrogen) atoms. The molecule has 0 radical (unpaired) electrons. The average Bonchev–Trinajstić information content (AvgIpc) is 2.62. The van der Waals surface area contributed by atoms with Gasteiger partial charge >= 0.3 is 12.1 Å². The van der Waals surface area contributed by atoms with E-state index in [1.165, 1.54) is 26.2 Å². The molecule has 158 valence electrons. The third kappa shape index (κ3) is 8.27. The Morgan fingerprint density at radius 3 is 2.29 bits per heavy atom. The van der Waals surface area contributed by atoms with Crippen LogP contribution in [0.2, 0.25) is 0 Å². The third-order valence-corrected chi connectivity index (χ3v) is 4.23. The highest BCUT2D eigenvalue weighted by atomic mass is 19.4. The first-order valence-corrected chi connectivity index (χ1v) is 9.51. The molecule has 1 unspecified atom stereocenters. The molecule has 0 aliphatic heterocycles. The summed E-state index contributed by atoms with van der Waals surface area (Å²) >= 11 is 0. The topological polar surface area (TPSA) is 55.4 Å². The summed E-state index contributed by atoms with van der Waals surface area (Å²) in [4.78, 5) is 24.0. The molecule has 1 atom stereocenters. The number of unbranched alkanes of at least 4 members (excludes halogenated alkanes) is 6. The van der Waals surface area contributed by atoms with E-state index in [1.54, 1.807) is 0 Å². The Kier molecular flexibility index (Phi) is 9.96. The second-order valence-corrected chi connectivity index (χ2v) is 6.67. The van der Waals surface area contributed by atoms with Crippen molar-refractivity contribution in [2.24, 2.45) is 0 Å². The molecule has 0 saturated heterocycles. The number of halogens is 4. The minimum Gasteiger partial charge on any atom is -0.464 e. The Hall–Kier alpha value is -2.12. The van der Waals surface area contributed by atoms with Gasteiger partial charge in [0, 0.05) is 0 Å². The van der Waals surface area contributed by atoms with Crippen molar-refractivity contribution in [2.75, 3.05) is 6.61 Å². The van der Waals surface area contributed by atoms with Gasteiger partial charge in [-0.1, -0.05) is 45.4 Å². The van der Waals surface area contributed by atoms with Crippen LogP contribution in [0.25, 0.3) is 0 Å². The zero-order valence-corrected chi connectivity index (χ0v) is 16.2. The molecular weight excluding hydrogens is 378 g/mol. The molecule has 1 aromatic carbocycles. The number of alkyl halides is 3. The molecule has 1 rings (SSSR count). The van der Waals surface area contributed by atoms with Gasteiger partial charge in [-0.25, -0.2) is 9.18 Å². The number of hydrogen-bond donors (Lipinski definition) is 1. The summed E-state index contributed by atoms with van der Waals surface area (Å²) in [5.41, 5.74) is -2.14. The van der Waals surface area contributed by atoms with E-state index in [2.05, 4.69) is 12.2 Å². The predicted molar refractivity (Wildman–Crippen MR) is 97.3 cm³/mol. The van der Waals surface area contributed by atoms with Gasteiger partial charge in [0.2, 0.25) is 0 Å². The maximum Gasteiger partial charge on any atom is 0.417 e. The van der Waals surface area contributed by atoms with E-state index >= 15 is 0 Å². The quantitative estimate of drug-likeness (QED) is 0.311. The van der Waals surface area contributed by atoms with Crippen molar-refractivity contribution >= 4 is 11.9 Å². The van der Waals surface area contributed by atoms with Crippen LogP contribution < -0.4 is 5.32 Å². The molecule has 4 nitrogen and oxygen atoms in total. The fourth-order valence-corrected chi connectivity index (χ4v) is 2.64.